The molecule has 0 aromatic carbocycles. The van der Waals surface area contributed by atoms with Crippen LogP contribution in [0.4, 0.5) is 0 Å². The van der Waals surface area contributed by atoms with E-state index in [1.165, 1.54) is 0 Å². The van der Waals surface area contributed by atoms with E-state index in [2.05, 4.69) is 59.5 Å². The second-order valence-electron chi connectivity index (χ2n) is 5.20. The minimum atomic E-state index is 0.553. The minimum Gasteiger partial charge on any atom is -0.300 e. The molecule has 0 saturated carbocycles. The Morgan fingerprint density at radius 1 is 0.789 bits per heavy atom. The Morgan fingerprint density at radius 3 is 1.58 bits per heavy atom. The van der Waals surface area contributed by atoms with Crippen LogP contribution in [0.2, 0.25) is 0 Å². The summed E-state index contributed by atoms with van der Waals surface area (Å²) in [6.45, 7) is 11.3. The van der Waals surface area contributed by atoms with E-state index >= 15 is 0 Å². The summed E-state index contributed by atoms with van der Waals surface area (Å²) in [6.07, 6.45) is 0. The van der Waals surface area contributed by atoms with Crippen LogP contribution in [0.1, 0.15) is 6.92 Å². The van der Waals surface area contributed by atoms with Crippen LogP contribution in [0, 0.1) is 0 Å². The first-order chi connectivity index (χ1) is 9.21. The molecule has 0 bridgehead atoms. The maximum atomic E-state index is 4.45. The van der Waals surface area contributed by atoms with E-state index in [4.69, 9.17) is 0 Å². The lowest BCUT2D eigenvalue weighted by Crippen LogP contribution is -2.42. The van der Waals surface area contributed by atoms with Crippen molar-refractivity contribution in [3.8, 4) is 0 Å². The van der Waals surface area contributed by atoms with Crippen LogP contribution < -0.4 is 0 Å². The van der Waals surface area contributed by atoms with Gasteiger partial charge in [-0.05, 0) is 6.92 Å². The van der Waals surface area contributed by atoms with Gasteiger partial charge in [0.2, 0.25) is 0 Å². The van der Waals surface area contributed by atoms with Gasteiger partial charge in [-0.15, -0.1) is 0 Å². The summed E-state index contributed by atoms with van der Waals surface area (Å²) in [6, 6.07) is 0.553. The Bertz CT molecular complexity index is 213. The Morgan fingerprint density at radius 2 is 1.21 bits per heavy atom. The Labute approximate surface area is 135 Å². The third kappa shape index (κ3) is 6.96. The monoisotopic (exact) mass is 323 g/mol. The summed E-state index contributed by atoms with van der Waals surface area (Å²) >= 11 is 13.2. The number of nitrogens with zero attached hydrogens (tertiary/aromatic N) is 3. The average molecular weight is 324 g/mol. The summed E-state index contributed by atoms with van der Waals surface area (Å²) in [5.74, 6) is 2.81. The fraction of sp³-hybridized carbons (Fsp3) is 1.00. The van der Waals surface area contributed by atoms with Crippen molar-refractivity contribution in [3.63, 3.8) is 0 Å². The van der Waals surface area contributed by atoms with Crippen molar-refractivity contribution in [2.24, 2.45) is 0 Å². The first kappa shape index (κ1) is 18.0. The van der Waals surface area contributed by atoms with Gasteiger partial charge in [-0.3, -0.25) is 14.7 Å². The van der Waals surface area contributed by atoms with Crippen LogP contribution in [0.3, 0.4) is 0 Å². The summed E-state index contributed by atoms with van der Waals surface area (Å²) in [7, 11) is 0. The molecule has 1 aliphatic heterocycles. The van der Waals surface area contributed by atoms with E-state index in [1.54, 1.807) is 0 Å². The quantitative estimate of drug-likeness (QED) is 0.632. The van der Waals surface area contributed by atoms with E-state index in [0.717, 1.165) is 69.6 Å². The molecule has 1 unspecified atom stereocenters. The molecule has 1 atom stereocenters. The molecule has 1 fully saturated rings. The smallest absolute Gasteiger partial charge is 0.0156 e. The first-order valence-electron chi connectivity index (χ1n) is 7.22. The van der Waals surface area contributed by atoms with Crippen LogP contribution in [-0.4, -0.2) is 90.4 Å². The van der Waals surface area contributed by atoms with Crippen LogP contribution in [-0.2, 0) is 0 Å². The van der Waals surface area contributed by atoms with Crippen molar-refractivity contribution < 1.29 is 0 Å². The number of hydrogen-bond acceptors (Lipinski definition) is 6. The number of thiol groups is 3. The topological polar surface area (TPSA) is 9.72 Å². The Kier molecular flexibility index (Phi) is 10.1. The Hall–Kier alpha value is 0.930. The lowest BCUT2D eigenvalue weighted by molar-refractivity contribution is 0.189. The third-order valence-corrected chi connectivity index (χ3v) is 4.79. The van der Waals surface area contributed by atoms with Crippen molar-refractivity contribution in [2.45, 2.75) is 13.0 Å². The average Bonchev–Trinajstić information content (AvgIpc) is 2.51. The van der Waals surface area contributed by atoms with Gasteiger partial charge >= 0.3 is 0 Å². The van der Waals surface area contributed by atoms with Gasteiger partial charge in [-0.25, -0.2) is 0 Å². The van der Waals surface area contributed by atoms with Crippen LogP contribution in [0.25, 0.3) is 0 Å². The first-order valence-corrected chi connectivity index (χ1v) is 9.12. The van der Waals surface area contributed by atoms with Gasteiger partial charge in [0.15, 0.2) is 0 Å². The van der Waals surface area contributed by atoms with Gasteiger partial charge < -0.3 is 0 Å². The summed E-state index contributed by atoms with van der Waals surface area (Å²) in [5, 5.41) is 0. The molecular weight excluding hydrogens is 294 g/mol. The molecule has 1 heterocycles. The van der Waals surface area contributed by atoms with E-state index < -0.39 is 0 Å². The molecule has 0 aliphatic carbocycles. The summed E-state index contributed by atoms with van der Waals surface area (Å²) in [5.41, 5.74) is 0. The highest BCUT2D eigenvalue weighted by molar-refractivity contribution is 7.80. The minimum absolute atomic E-state index is 0.553. The third-order valence-electron chi connectivity index (χ3n) is 3.86. The molecule has 1 aliphatic rings. The zero-order chi connectivity index (χ0) is 14.1. The molecule has 0 radical (unpaired) electrons. The van der Waals surface area contributed by atoms with Crippen LogP contribution in [0.15, 0.2) is 0 Å². The van der Waals surface area contributed by atoms with E-state index in [1.807, 2.05) is 0 Å². The zero-order valence-electron chi connectivity index (χ0n) is 12.0. The Balaban J connectivity index is 2.59. The van der Waals surface area contributed by atoms with E-state index in [0.29, 0.717) is 6.04 Å². The zero-order valence-corrected chi connectivity index (χ0v) is 14.7. The molecule has 114 valence electrons. The lowest BCUT2D eigenvalue weighted by atomic mass is 10.3. The molecule has 0 spiro atoms. The molecule has 0 aromatic rings. The molecule has 0 N–H and O–H groups in total. The van der Waals surface area contributed by atoms with Crippen molar-refractivity contribution in [2.75, 3.05) is 69.6 Å². The predicted molar refractivity (Wildman–Crippen MR) is 95.5 cm³/mol. The molecule has 0 aromatic heterocycles. The van der Waals surface area contributed by atoms with E-state index in [9.17, 15) is 0 Å². The standard InChI is InChI=1S/C13H29N3S3/c1-13(12-19)16-6-4-14(8-10-17)2-3-15(5-7-16)9-11-18/h13,17-19H,2-12H2,1H3. The maximum Gasteiger partial charge on any atom is 0.0156 e. The number of hydrogen-bond donors (Lipinski definition) is 3. The fourth-order valence-corrected chi connectivity index (χ4v) is 3.24. The molecule has 0 amide bonds. The highest BCUT2D eigenvalue weighted by Crippen LogP contribution is 2.06. The van der Waals surface area contributed by atoms with Crippen molar-refractivity contribution in [1.82, 2.24) is 14.7 Å². The van der Waals surface area contributed by atoms with Gasteiger partial charge in [0.1, 0.15) is 0 Å². The maximum absolute atomic E-state index is 4.45. The highest BCUT2D eigenvalue weighted by atomic mass is 32.1. The number of rotatable bonds is 6. The molecule has 6 heteroatoms. The van der Waals surface area contributed by atoms with Gasteiger partial charge in [0.25, 0.3) is 0 Å². The van der Waals surface area contributed by atoms with Gasteiger partial charge in [0, 0.05) is 75.7 Å². The molecule has 1 rings (SSSR count). The van der Waals surface area contributed by atoms with Crippen LogP contribution in [0.5, 0.6) is 0 Å². The fourth-order valence-electron chi connectivity index (χ4n) is 2.44. The molecule has 3 nitrogen and oxygen atoms in total. The summed E-state index contributed by atoms with van der Waals surface area (Å²) in [4.78, 5) is 7.62. The van der Waals surface area contributed by atoms with Gasteiger partial charge in [-0.2, -0.15) is 37.9 Å². The highest BCUT2D eigenvalue weighted by Gasteiger charge is 2.18. The van der Waals surface area contributed by atoms with Crippen molar-refractivity contribution in [1.29, 1.82) is 0 Å². The van der Waals surface area contributed by atoms with Crippen molar-refractivity contribution >= 4 is 37.9 Å². The van der Waals surface area contributed by atoms with E-state index in [-0.39, 0.29) is 0 Å². The largest absolute Gasteiger partial charge is 0.300 e. The molecular formula is C13H29N3S3. The van der Waals surface area contributed by atoms with Gasteiger partial charge in [0.05, 0.1) is 0 Å². The second-order valence-corrected chi connectivity index (χ2v) is 6.46. The SMILES string of the molecule is CC(CS)N1CCN(CCS)CCN(CCS)CC1. The van der Waals surface area contributed by atoms with Crippen molar-refractivity contribution in [3.05, 3.63) is 0 Å². The molecule has 19 heavy (non-hydrogen) atoms. The summed E-state index contributed by atoms with van der Waals surface area (Å²) < 4.78 is 0. The lowest BCUT2D eigenvalue weighted by Gasteiger charge is -2.30. The van der Waals surface area contributed by atoms with Crippen LogP contribution >= 0.6 is 37.9 Å². The normalized spacial score (nSPS) is 22.7. The predicted octanol–water partition coefficient (Wildman–Crippen LogP) is 1.08. The second kappa shape index (κ2) is 10.6. The molecule has 1 saturated heterocycles. The van der Waals surface area contributed by atoms with Gasteiger partial charge in [-0.1, -0.05) is 0 Å².